The van der Waals surface area contributed by atoms with Gasteiger partial charge in [0.25, 0.3) is 0 Å². The van der Waals surface area contributed by atoms with Crippen molar-refractivity contribution in [2.75, 3.05) is 0 Å². The summed E-state index contributed by atoms with van der Waals surface area (Å²) in [4.78, 5) is 3.49. The molecule has 0 amide bonds. The molecule has 0 unspecified atom stereocenters. The Morgan fingerprint density at radius 1 is 1.00 bits per heavy atom. The maximum absolute atomic E-state index is 7.23. The monoisotopic (exact) mass is 355 g/mol. The van der Waals surface area contributed by atoms with Crippen molar-refractivity contribution in [3.63, 3.8) is 0 Å². The lowest BCUT2D eigenvalue weighted by Crippen LogP contribution is -2.29. The molecule has 132 valence electrons. The van der Waals surface area contributed by atoms with Gasteiger partial charge in [0, 0.05) is 23.3 Å². The number of hydrogen-bond acceptors (Lipinski definition) is 4. The van der Waals surface area contributed by atoms with E-state index in [2.05, 4.69) is 15.0 Å². The van der Waals surface area contributed by atoms with Crippen LogP contribution in [-0.2, 0) is 0 Å². The maximum atomic E-state index is 7.23. The van der Waals surface area contributed by atoms with Gasteiger partial charge in [-0.1, -0.05) is 36.4 Å². The molecule has 2 aromatic carbocycles. The van der Waals surface area contributed by atoms with Gasteiger partial charge in [0.2, 0.25) is 5.88 Å². The largest absolute Gasteiger partial charge is 0.483 e. The fourth-order valence-electron chi connectivity index (χ4n) is 2.91. The standard InChI is InChI=1S/C22H17N3O2/c1-22(2)14-20(17-13-16(23-3)9-11-19(17)27-22)26-21-12-10-18(24-25-21)15-7-5-4-6-8-15/h4-14H,1-2H3. The minimum Gasteiger partial charge on any atom is -0.483 e. The van der Waals surface area contributed by atoms with Crippen LogP contribution in [0.4, 0.5) is 5.69 Å². The number of aromatic nitrogens is 2. The first-order chi connectivity index (χ1) is 13.0. The predicted octanol–water partition coefficient (Wildman–Crippen LogP) is 5.29. The molecule has 3 aromatic rings. The van der Waals surface area contributed by atoms with Gasteiger partial charge in [0.15, 0.2) is 5.69 Å². The smallest absolute Gasteiger partial charge is 0.238 e. The van der Waals surface area contributed by atoms with Crippen LogP contribution < -0.4 is 9.47 Å². The second kappa shape index (κ2) is 6.58. The van der Waals surface area contributed by atoms with Gasteiger partial charge >= 0.3 is 0 Å². The third-order valence-corrected chi connectivity index (χ3v) is 4.13. The van der Waals surface area contributed by atoms with Gasteiger partial charge in [-0.15, -0.1) is 10.2 Å². The van der Waals surface area contributed by atoms with Crippen LogP contribution in [0.1, 0.15) is 19.4 Å². The maximum Gasteiger partial charge on any atom is 0.238 e. The van der Waals surface area contributed by atoms with E-state index in [1.165, 1.54) is 0 Å². The number of hydrogen-bond donors (Lipinski definition) is 0. The van der Waals surface area contributed by atoms with Gasteiger partial charge in [-0.25, -0.2) is 4.85 Å². The molecule has 0 fully saturated rings. The second-order valence-electron chi connectivity index (χ2n) is 6.73. The van der Waals surface area contributed by atoms with Crippen LogP contribution in [0.5, 0.6) is 11.6 Å². The highest BCUT2D eigenvalue weighted by Gasteiger charge is 2.28. The molecule has 0 saturated carbocycles. The van der Waals surface area contributed by atoms with Crippen molar-refractivity contribution in [2.45, 2.75) is 19.4 Å². The highest BCUT2D eigenvalue weighted by Crippen LogP contribution is 2.39. The summed E-state index contributed by atoms with van der Waals surface area (Å²) >= 11 is 0. The van der Waals surface area contributed by atoms with E-state index in [0.717, 1.165) is 16.8 Å². The molecule has 4 rings (SSSR count). The quantitative estimate of drug-likeness (QED) is 0.599. The fraction of sp³-hybridized carbons (Fsp3) is 0.136. The van der Waals surface area contributed by atoms with Gasteiger partial charge in [0.05, 0.1) is 12.3 Å². The molecule has 0 radical (unpaired) electrons. The lowest BCUT2D eigenvalue weighted by molar-refractivity contribution is 0.154. The molecule has 0 N–H and O–H groups in total. The Labute approximate surface area is 157 Å². The van der Waals surface area contributed by atoms with Crippen molar-refractivity contribution in [1.29, 1.82) is 0 Å². The summed E-state index contributed by atoms with van der Waals surface area (Å²) in [7, 11) is 0. The molecule has 27 heavy (non-hydrogen) atoms. The Hall–Kier alpha value is -3.65. The van der Waals surface area contributed by atoms with E-state index in [9.17, 15) is 0 Å². The first-order valence-corrected chi connectivity index (χ1v) is 8.55. The first kappa shape index (κ1) is 16.8. The van der Waals surface area contributed by atoms with Gasteiger partial charge in [-0.05, 0) is 32.0 Å². The van der Waals surface area contributed by atoms with E-state index in [1.54, 1.807) is 24.3 Å². The zero-order valence-electron chi connectivity index (χ0n) is 15.0. The average molecular weight is 355 g/mol. The van der Waals surface area contributed by atoms with Crippen LogP contribution in [0.25, 0.3) is 21.9 Å². The molecule has 0 aliphatic carbocycles. The average Bonchev–Trinajstić information content (AvgIpc) is 2.68. The van der Waals surface area contributed by atoms with Gasteiger partial charge in [-0.2, -0.15) is 0 Å². The van der Waals surface area contributed by atoms with Crippen LogP contribution in [0.2, 0.25) is 0 Å². The Morgan fingerprint density at radius 3 is 2.52 bits per heavy atom. The van der Waals surface area contributed by atoms with Crippen LogP contribution in [-0.4, -0.2) is 15.8 Å². The SMILES string of the molecule is [C-]#[N+]c1ccc2c(c1)C(Oc1ccc(-c3ccccc3)nn1)=CC(C)(C)O2. The summed E-state index contributed by atoms with van der Waals surface area (Å²) in [6.07, 6.45) is 1.88. The summed E-state index contributed by atoms with van der Waals surface area (Å²) in [6.45, 7) is 11.1. The zero-order valence-corrected chi connectivity index (χ0v) is 15.0. The molecule has 1 aromatic heterocycles. The van der Waals surface area contributed by atoms with Crippen LogP contribution in [0, 0.1) is 6.57 Å². The Morgan fingerprint density at radius 2 is 1.81 bits per heavy atom. The van der Waals surface area contributed by atoms with E-state index in [0.29, 0.717) is 23.1 Å². The Bertz CT molecular complexity index is 1050. The molecule has 5 heteroatoms. The van der Waals surface area contributed by atoms with E-state index in [-0.39, 0.29) is 0 Å². The molecule has 0 atom stereocenters. The number of ether oxygens (including phenoxy) is 2. The molecule has 0 spiro atoms. The normalized spacial score (nSPS) is 14.3. The number of rotatable bonds is 3. The molecule has 1 aliphatic heterocycles. The van der Waals surface area contributed by atoms with E-state index < -0.39 is 5.60 Å². The van der Waals surface area contributed by atoms with Crippen molar-refractivity contribution in [1.82, 2.24) is 10.2 Å². The zero-order chi connectivity index (χ0) is 18.9. The predicted molar refractivity (Wildman–Crippen MR) is 103 cm³/mol. The first-order valence-electron chi connectivity index (χ1n) is 8.55. The summed E-state index contributed by atoms with van der Waals surface area (Å²) in [5, 5.41) is 8.46. The minimum absolute atomic E-state index is 0.387. The summed E-state index contributed by atoms with van der Waals surface area (Å²) < 4.78 is 12.0. The van der Waals surface area contributed by atoms with Crippen molar-refractivity contribution < 1.29 is 9.47 Å². The Balaban J connectivity index is 1.65. The second-order valence-corrected chi connectivity index (χ2v) is 6.73. The number of nitrogens with zero attached hydrogens (tertiary/aromatic N) is 3. The topological polar surface area (TPSA) is 48.6 Å². The summed E-state index contributed by atoms with van der Waals surface area (Å²) in [5.74, 6) is 1.67. The van der Waals surface area contributed by atoms with Crippen molar-refractivity contribution in [3.05, 3.63) is 83.7 Å². The highest BCUT2D eigenvalue weighted by molar-refractivity contribution is 5.73. The molecule has 1 aliphatic rings. The number of benzene rings is 2. The number of fused-ring (bicyclic) bond motifs is 1. The van der Waals surface area contributed by atoms with E-state index in [1.807, 2.05) is 56.3 Å². The van der Waals surface area contributed by atoms with Crippen molar-refractivity contribution in [3.8, 4) is 22.9 Å². The lowest BCUT2D eigenvalue weighted by Gasteiger charge is -2.30. The third-order valence-electron chi connectivity index (χ3n) is 4.13. The van der Waals surface area contributed by atoms with Crippen LogP contribution in [0.15, 0.2) is 66.7 Å². The molecule has 5 nitrogen and oxygen atoms in total. The van der Waals surface area contributed by atoms with Gasteiger partial charge in [-0.3, -0.25) is 0 Å². The van der Waals surface area contributed by atoms with Crippen LogP contribution in [0.3, 0.4) is 0 Å². The summed E-state index contributed by atoms with van der Waals surface area (Å²) in [5.41, 5.74) is 2.50. The highest BCUT2D eigenvalue weighted by atomic mass is 16.5. The van der Waals surface area contributed by atoms with Crippen molar-refractivity contribution >= 4 is 11.4 Å². The van der Waals surface area contributed by atoms with Crippen LogP contribution >= 0.6 is 0 Å². The fourth-order valence-corrected chi connectivity index (χ4v) is 2.91. The molecule has 0 saturated heterocycles. The molecular weight excluding hydrogens is 338 g/mol. The van der Waals surface area contributed by atoms with E-state index >= 15 is 0 Å². The van der Waals surface area contributed by atoms with Gasteiger partial charge < -0.3 is 9.47 Å². The van der Waals surface area contributed by atoms with E-state index in [4.69, 9.17) is 16.0 Å². The Kier molecular flexibility index (Phi) is 4.09. The third kappa shape index (κ3) is 3.51. The molecule has 2 heterocycles. The molecular formula is C22H17N3O2. The summed E-state index contributed by atoms with van der Waals surface area (Å²) in [6, 6.07) is 18.8. The van der Waals surface area contributed by atoms with Gasteiger partial charge in [0.1, 0.15) is 17.1 Å². The molecule has 0 bridgehead atoms. The minimum atomic E-state index is -0.528. The lowest BCUT2D eigenvalue weighted by atomic mass is 10.00. The van der Waals surface area contributed by atoms with Crippen molar-refractivity contribution in [2.24, 2.45) is 0 Å².